The van der Waals surface area contributed by atoms with Gasteiger partial charge in [-0.2, -0.15) is 0 Å². The van der Waals surface area contributed by atoms with Gasteiger partial charge >= 0.3 is 0 Å². The van der Waals surface area contributed by atoms with E-state index in [1.807, 2.05) is 18.2 Å². The molecule has 0 radical (unpaired) electrons. The number of benzene rings is 1. The minimum absolute atomic E-state index is 0.625. The van der Waals surface area contributed by atoms with Crippen LogP contribution in [0.5, 0.6) is 0 Å². The molecule has 0 atom stereocenters. The first-order chi connectivity index (χ1) is 10.7. The molecular weight excluding hydrogens is 313 g/mol. The Morgan fingerprint density at radius 2 is 1.36 bits per heavy atom. The molecule has 0 bridgehead atoms. The van der Waals surface area contributed by atoms with E-state index in [2.05, 4.69) is 12.2 Å². The molecule has 0 saturated heterocycles. The second-order valence-electron chi connectivity index (χ2n) is 6.11. The van der Waals surface area contributed by atoms with Crippen molar-refractivity contribution in [1.29, 1.82) is 0 Å². The van der Waals surface area contributed by atoms with Crippen molar-refractivity contribution < 1.29 is 0 Å². The highest BCUT2D eigenvalue weighted by Crippen LogP contribution is 2.22. The normalized spacial score (nSPS) is 11.0. The first-order valence-electron chi connectivity index (χ1n) is 8.88. The molecule has 22 heavy (non-hydrogen) atoms. The zero-order valence-corrected chi connectivity index (χ0v) is 15.5. The topological polar surface area (TPSA) is 12.0 Å². The van der Waals surface area contributed by atoms with Gasteiger partial charge in [0.15, 0.2) is 0 Å². The van der Waals surface area contributed by atoms with Crippen molar-refractivity contribution >= 4 is 23.2 Å². The van der Waals surface area contributed by atoms with E-state index in [0.29, 0.717) is 10.0 Å². The van der Waals surface area contributed by atoms with Crippen molar-refractivity contribution in [3.8, 4) is 0 Å². The fourth-order valence-corrected chi connectivity index (χ4v) is 2.94. The quantitative estimate of drug-likeness (QED) is 0.380. The molecule has 0 amide bonds. The summed E-state index contributed by atoms with van der Waals surface area (Å²) in [7, 11) is 0. The molecule has 0 fully saturated rings. The minimum Gasteiger partial charge on any atom is -0.313 e. The molecule has 0 spiro atoms. The lowest BCUT2D eigenvalue weighted by Crippen LogP contribution is -2.14. The predicted octanol–water partition coefficient (Wildman–Crippen LogP) is 7.00. The SMILES string of the molecule is CCCCCCCCCCCCNCc1ccc(Cl)c(Cl)c1. The molecule has 0 aliphatic carbocycles. The van der Waals surface area contributed by atoms with Gasteiger partial charge < -0.3 is 5.32 Å². The lowest BCUT2D eigenvalue weighted by molar-refractivity contribution is 0.543. The maximum atomic E-state index is 6.01. The standard InChI is InChI=1S/C19H31Cl2N/c1-2-3-4-5-6-7-8-9-10-11-14-22-16-17-12-13-18(20)19(21)15-17/h12-13,15,22H,2-11,14,16H2,1H3. The van der Waals surface area contributed by atoms with Gasteiger partial charge in [-0.3, -0.25) is 0 Å². The van der Waals surface area contributed by atoms with E-state index >= 15 is 0 Å². The highest BCUT2D eigenvalue weighted by molar-refractivity contribution is 6.42. The van der Waals surface area contributed by atoms with Crippen LogP contribution in [0.1, 0.15) is 76.7 Å². The van der Waals surface area contributed by atoms with E-state index in [0.717, 1.165) is 13.1 Å². The molecule has 0 aliphatic rings. The van der Waals surface area contributed by atoms with Gasteiger partial charge in [-0.15, -0.1) is 0 Å². The Hall–Kier alpha value is -0.240. The van der Waals surface area contributed by atoms with Gasteiger partial charge in [0.25, 0.3) is 0 Å². The lowest BCUT2D eigenvalue weighted by atomic mass is 10.1. The van der Waals surface area contributed by atoms with Crippen LogP contribution >= 0.6 is 23.2 Å². The number of rotatable bonds is 13. The van der Waals surface area contributed by atoms with Gasteiger partial charge in [0.1, 0.15) is 0 Å². The molecule has 3 heteroatoms. The number of unbranched alkanes of at least 4 members (excludes halogenated alkanes) is 9. The highest BCUT2D eigenvalue weighted by Gasteiger charge is 1.99. The van der Waals surface area contributed by atoms with Crippen LogP contribution in [0.4, 0.5) is 0 Å². The monoisotopic (exact) mass is 343 g/mol. The number of halogens is 2. The molecule has 0 heterocycles. The molecule has 1 nitrogen and oxygen atoms in total. The van der Waals surface area contributed by atoms with Crippen molar-refractivity contribution in [3.05, 3.63) is 33.8 Å². The number of hydrogen-bond donors (Lipinski definition) is 1. The summed E-state index contributed by atoms with van der Waals surface area (Å²) < 4.78 is 0. The van der Waals surface area contributed by atoms with Crippen LogP contribution < -0.4 is 5.32 Å². The van der Waals surface area contributed by atoms with Gasteiger partial charge in [0.05, 0.1) is 10.0 Å². The Morgan fingerprint density at radius 3 is 1.95 bits per heavy atom. The Morgan fingerprint density at radius 1 is 0.773 bits per heavy atom. The van der Waals surface area contributed by atoms with Gasteiger partial charge in [-0.25, -0.2) is 0 Å². The Kier molecular flexibility index (Phi) is 11.9. The molecule has 0 saturated carbocycles. The van der Waals surface area contributed by atoms with Crippen molar-refractivity contribution in [3.63, 3.8) is 0 Å². The van der Waals surface area contributed by atoms with E-state index in [1.165, 1.54) is 69.8 Å². The summed E-state index contributed by atoms with van der Waals surface area (Å²) in [6, 6.07) is 5.83. The van der Waals surface area contributed by atoms with Crippen molar-refractivity contribution in [2.24, 2.45) is 0 Å². The van der Waals surface area contributed by atoms with Crippen LogP contribution in [0.3, 0.4) is 0 Å². The van der Waals surface area contributed by atoms with Crippen LogP contribution in [-0.4, -0.2) is 6.54 Å². The third-order valence-electron chi connectivity index (χ3n) is 4.02. The maximum Gasteiger partial charge on any atom is 0.0595 e. The van der Waals surface area contributed by atoms with Gasteiger partial charge in [0.2, 0.25) is 0 Å². The van der Waals surface area contributed by atoms with Crippen molar-refractivity contribution in [1.82, 2.24) is 5.32 Å². The minimum atomic E-state index is 0.625. The first-order valence-corrected chi connectivity index (χ1v) is 9.64. The molecule has 1 aromatic rings. The third-order valence-corrected chi connectivity index (χ3v) is 4.76. The second-order valence-corrected chi connectivity index (χ2v) is 6.92. The van der Waals surface area contributed by atoms with Crippen LogP contribution in [0.15, 0.2) is 18.2 Å². The van der Waals surface area contributed by atoms with Gasteiger partial charge in [-0.05, 0) is 30.7 Å². The fourth-order valence-electron chi connectivity index (χ4n) is 2.62. The zero-order valence-electron chi connectivity index (χ0n) is 14.0. The Bertz CT molecular complexity index is 393. The van der Waals surface area contributed by atoms with Crippen molar-refractivity contribution in [2.45, 2.75) is 77.7 Å². The smallest absolute Gasteiger partial charge is 0.0595 e. The van der Waals surface area contributed by atoms with Crippen LogP contribution in [0.2, 0.25) is 10.0 Å². The number of nitrogens with one attached hydrogen (secondary N) is 1. The lowest BCUT2D eigenvalue weighted by Gasteiger charge is -2.06. The van der Waals surface area contributed by atoms with E-state index < -0.39 is 0 Å². The third kappa shape index (κ3) is 9.71. The number of hydrogen-bond acceptors (Lipinski definition) is 1. The van der Waals surface area contributed by atoms with Gasteiger partial charge in [-0.1, -0.05) is 94.0 Å². The molecule has 126 valence electrons. The summed E-state index contributed by atoms with van der Waals surface area (Å²) in [5.74, 6) is 0. The summed E-state index contributed by atoms with van der Waals surface area (Å²) in [5, 5.41) is 4.74. The second kappa shape index (κ2) is 13.2. The average Bonchev–Trinajstić information content (AvgIpc) is 2.52. The maximum absolute atomic E-state index is 6.01. The molecule has 1 rings (SSSR count). The molecule has 1 aromatic carbocycles. The fraction of sp³-hybridized carbons (Fsp3) is 0.684. The largest absolute Gasteiger partial charge is 0.313 e. The van der Waals surface area contributed by atoms with Gasteiger partial charge in [0, 0.05) is 6.54 Å². The van der Waals surface area contributed by atoms with E-state index in [9.17, 15) is 0 Å². The molecule has 1 N–H and O–H groups in total. The molecule has 0 unspecified atom stereocenters. The summed E-state index contributed by atoms with van der Waals surface area (Å²) >= 11 is 11.9. The summed E-state index contributed by atoms with van der Waals surface area (Å²) in [4.78, 5) is 0. The summed E-state index contributed by atoms with van der Waals surface area (Å²) in [6.45, 7) is 4.22. The van der Waals surface area contributed by atoms with Crippen LogP contribution in [0.25, 0.3) is 0 Å². The molecule has 0 aromatic heterocycles. The predicted molar refractivity (Wildman–Crippen MR) is 100 cm³/mol. The zero-order chi connectivity index (χ0) is 16.0. The van der Waals surface area contributed by atoms with E-state index in [1.54, 1.807) is 0 Å². The van der Waals surface area contributed by atoms with E-state index in [4.69, 9.17) is 23.2 Å². The molecule has 0 aliphatic heterocycles. The average molecular weight is 344 g/mol. The Balaban J connectivity index is 1.88. The first kappa shape index (κ1) is 19.8. The molecular formula is C19H31Cl2N. The van der Waals surface area contributed by atoms with Crippen molar-refractivity contribution in [2.75, 3.05) is 6.54 Å². The van der Waals surface area contributed by atoms with E-state index in [-0.39, 0.29) is 0 Å². The van der Waals surface area contributed by atoms with Crippen LogP contribution in [0, 0.1) is 0 Å². The Labute approximate surface area is 146 Å². The summed E-state index contributed by atoms with van der Waals surface area (Å²) in [5.41, 5.74) is 1.20. The van der Waals surface area contributed by atoms with Crippen LogP contribution in [-0.2, 0) is 6.54 Å². The summed E-state index contributed by atoms with van der Waals surface area (Å²) in [6.07, 6.45) is 13.8. The highest BCUT2D eigenvalue weighted by atomic mass is 35.5.